The lowest BCUT2D eigenvalue weighted by molar-refractivity contribution is -0.127. The van der Waals surface area contributed by atoms with E-state index in [1.54, 1.807) is 11.0 Å². The highest BCUT2D eigenvalue weighted by atomic mass is 16.2. The highest BCUT2D eigenvalue weighted by Gasteiger charge is 2.27. The minimum Gasteiger partial charge on any atom is -0.353 e. The Labute approximate surface area is 208 Å². The Morgan fingerprint density at radius 2 is 1.77 bits per heavy atom. The van der Waals surface area contributed by atoms with E-state index in [9.17, 15) is 9.59 Å². The lowest BCUT2D eigenvalue weighted by Gasteiger charge is -2.32. The van der Waals surface area contributed by atoms with Gasteiger partial charge in [-0.25, -0.2) is 9.97 Å². The van der Waals surface area contributed by atoms with Crippen LogP contribution >= 0.6 is 0 Å². The molecule has 1 saturated carbocycles. The third kappa shape index (κ3) is 7.01. The van der Waals surface area contributed by atoms with E-state index in [0.717, 1.165) is 62.3 Å². The van der Waals surface area contributed by atoms with Crippen LogP contribution < -0.4 is 15.5 Å². The van der Waals surface area contributed by atoms with Gasteiger partial charge in [0, 0.05) is 44.0 Å². The van der Waals surface area contributed by atoms with Crippen LogP contribution in [0.4, 0.5) is 11.6 Å². The van der Waals surface area contributed by atoms with Gasteiger partial charge >= 0.3 is 0 Å². The van der Waals surface area contributed by atoms with E-state index in [-0.39, 0.29) is 17.7 Å². The molecule has 35 heavy (non-hydrogen) atoms. The molecule has 1 saturated heterocycles. The Morgan fingerprint density at radius 3 is 2.49 bits per heavy atom. The van der Waals surface area contributed by atoms with Crippen molar-refractivity contribution in [3.05, 3.63) is 47.3 Å². The molecule has 0 atom stereocenters. The van der Waals surface area contributed by atoms with Gasteiger partial charge in [0.1, 0.15) is 5.69 Å². The first-order chi connectivity index (χ1) is 16.9. The Hall–Kier alpha value is -3.00. The average molecular weight is 479 g/mol. The summed E-state index contributed by atoms with van der Waals surface area (Å²) < 4.78 is 0. The van der Waals surface area contributed by atoms with Crippen LogP contribution in [0.25, 0.3) is 0 Å². The first kappa shape index (κ1) is 25.1. The van der Waals surface area contributed by atoms with Crippen molar-refractivity contribution in [2.24, 2.45) is 5.92 Å². The monoisotopic (exact) mass is 478 g/mol. The molecule has 1 aliphatic carbocycles. The molecular formula is C27H38N6O2. The van der Waals surface area contributed by atoms with Crippen LogP contribution in [0.15, 0.2) is 30.3 Å². The molecule has 0 spiro atoms. The smallest absolute Gasteiger partial charge is 0.274 e. The predicted octanol–water partition coefficient (Wildman–Crippen LogP) is 3.76. The molecule has 8 heteroatoms. The van der Waals surface area contributed by atoms with Crippen molar-refractivity contribution in [1.29, 1.82) is 0 Å². The molecule has 2 fully saturated rings. The summed E-state index contributed by atoms with van der Waals surface area (Å²) in [5.41, 5.74) is 2.98. The van der Waals surface area contributed by atoms with E-state index < -0.39 is 0 Å². The molecule has 0 unspecified atom stereocenters. The number of hydrogen-bond acceptors (Lipinski definition) is 6. The Bertz CT molecular complexity index is 1030. The highest BCUT2D eigenvalue weighted by molar-refractivity contribution is 6.03. The maximum atomic E-state index is 12.8. The molecule has 2 aromatic rings. The van der Waals surface area contributed by atoms with Gasteiger partial charge in [0.05, 0.1) is 0 Å². The summed E-state index contributed by atoms with van der Waals surface area (Å²) in [7, 11) is 3.71. The third-order valence-electron chi connectivity index (χ3n) is 6.98. The predicted molar refractivity (Wildman–Crippen MR) is 139 cm³/mol. The van der Waals surface area contributed by atoms with E-state index >= 15 is 0 Å². The zero-order valence-corrected chi connectivity index (χ0v) is 21.2. The zero-order chi connectivity index (χ0) is 24.8. The number of hydrogen-bond donors (Lipinski definition) is 2. The van der Waals surface area contributed by atoms with E-state index in [1.807, 2.05) is 39.2 Å². The lowest BCUT2D eigenvalue weighted by atomic mass is 9.92. The molecule has 2 amide bonds. The van der Waals surface area contributed by atoms with Gasteiger partial charge in [-0.15, -0.1) is 0 Å². The summed E-state index contributed by atoms with van der Waals surface area (Å²) in [6.45, 7) is 4.48. The number of anilines is 2. The first-order valence-corrected chi connectivity index (χ1v) is 12.8. The van der Waals surface area contributed by atoms with Crippen LogP contribution in [0.2, 0.25) is 0 Å². The summed E-state index contributed by atoms with van der Waals surface area (Å²) in [6.07, 6.45) is 7.83. The van der Waals surface area contributed by atoms with Crippen molar-refractivity contribution in [2.75, 3.05) is 37.4 Å². The van der Waals surface area contributed by atoms with Crippen LogP contribution in [0, 0.1) is 12.8 Å². The molecule has 188 valence electrons. The molecule has 0 radical (unpaired) electrons. The van der Waals surface area contributed by atoms with Crippen molar-refractivity contribution in [3.8, 4) is 0 Å². The summed E-state index contributed by atoms with van der Waals surface area (Å²) in [5.74, 6) is 0.640. The van der Waals surface area contributed by atoms with Gasteiger partial charge in [0.25, 0.3) is 5.91 Å². The summed E-state index contributed by atoms with van der Waals surface area (Å²) in [6, 6.07) is 10.0. The normalized spacial score (nSPS) is 17.7. The third-order valence-corrected chi connectivity index (χ3v) is 6.98. The molecule has 2 heterocycles. The maximum Gasteiger partial charge on any atom is 0.274 e. The Morgan fingerprint density at radius 1 is 1.03 bits per heavy atom. The number of rotatable bonds is 7. The number of nitrogens with one attached hydrogen (secondary N) is 2. The maximum absolute atomic E-state index is 12.8. The molecule has 1 aliphatic heterocycles. The number of carbonyl (C=O) groups is 2. The Kier molecular flexibility index (Phi) is 8.33. The molecular weight excluding hydrogens is 440 g/mol. The fourth-order valence-electron chi connectivity index (χ4n) is 4.99. The van der Waals surface area contributed by atoms with Crippen molar-refractivity contribution < 1.29 is 9.59 Å². The van der Waals surface area contributed by atoms with Gasteiger partial charge in [-0.1, -0.05) is 31.4 Å². The van der Waals surface area contributed by atoms with Gasteiger partial charge in [-0.05, 0) is 69.5 Å². The fourth-order valence-corrected chi connectivity index (χ4v) is 4.99. The molecule has 0 bridgehead atoms. The van der Waals surface area contributed by atoms with Gasteiger partial charge in [-0.2, -0.15) is 0 Å². The zero-order valence-electron chi connectivity index (χ0n) is 21.2. The van der Waals surface area contributed by atoms with Gasteiger partial charge < -0.3 is 15.5 Å². The van der Waals surface area contributed by atoms with Crippen molar-refractivity contribution in [2.45, 2.75) is 64.5 Å². The molecule has 1 aromatic carbocycles. The average Bonchev–Trinajstić information content (AvgIpc) is 2.85. The van der Waals surface area contributed by atoms with Crippen LogP contribution in [0.1, 0.15) is 66.7 Å². The quantitative estimate of drug-likeness (QED) is 0.630. The van der Waals surface area contributed by atoms with Crippen molar-refractivity contribution in [3.63, 3.8) is 0 Å². The SMILES string of the molecule is Cc1cc(C(=O)Nc2cccc(CN3CCC(C(=O)NC4CCCCC4)CC3)c2)nc(N(C)C)n1. The second kappa shape index (κ2) is 11.6. The summed E-state index contributed by atoms with van der Waals surface area (Å²) in [4.78, 5) is 38.4. The number of aryl methyl sites for hydroxylation is 1. The van der Waals surface area contributed by atoms with E-state index in [1.165, 1.54) is 19.3 Å². The second-order valence-electron chi connectivity index (χ2n) is 10.1. The van der Waals surface area contributed by atoms with Crippen LogP contribution in [-0.2, 0) is 11.3 Å². The minimum atomic E-state index is -0.249. The number of piperidine rings is 1. The van der Waals surface area contributed by atoms with Crippen LogP contribution in [0.5, 0.6) is 0 Å². The van der Waals surface area contributed by atoms with E-state index in [4.69, 9.17) is 0 Å². The van der Waals surface area contributed by atoms with Gasteiger partial charge in [0.2, 0.25) is 11.9 Å². The number of carbonyl (C=O) groups excluding carboxylic acids is 2. The van der Waals surface area contributed by atoms with E-state index in [0.29, 0.717) is 17.7 Å². The van der Waals surface area contributed by atoms with Crippen molar-refractivity contribution in [1.82, 2.24) is 20.2 Å². The van der Waals surface area contributed by atoms with Crippen LogP contribution in [0.3, 0.4) is 0 Å². The fraction of sp³-hybridized carbons (Fsp3) is 0.556. The second-order valence-corrected chi connectivity index (χ2v) is 10.1. The number of nitrogens with zero attached hydrogens (tertiary/aromatic N) is 4. The number of amides is 2. The standard InChI is InChI=1S/C27H38N6O2/c1-19-16-24(31-27(28-19)32(2)3)26(35)30-23-11-7-8-20(17-23)18-33-14-12-21(13-15-33)25(34)29-22-9-5-4-6-10-22/h7-8,11,16-17,21-22H,4-6,9-10,12-15,18H2,1-3H3,(H,29,34)(H,30,35). The largest absolute Gasteiger partial charge is 0.353 e. The van der Waals surface area contributed by atoms with Crippen molar-refractivity contribution >= 4 is 23.5 Å². The molecule has 2 aliphatic rings. The molecule has 2 N–H and O–H groups in total. The first-order valence-electron chi connectivity index (χ1n) is 12.8. The number of likely N-dealkylation sites (tertiary alicyclic amines) is 1. The number of aromatic nitrogens is 2. The van der Waals surface area contributed by atoms with Gasteiger partial charge in [-0.3, -0.25) is 14.5 Å². The van der Waals surface area contributed by atoms with Gasteiger partial charge in [0.15, 0.2) is 0 Å². The molecule has 4 rings (SSSR count). The number of benzene rings is 1. The van der Waals surface area contributed by atoms with Crippen LogP contribution in [-0.4, -0.2) is 59.9 Å². The summed E-state index contributed by atoms with van der Waals surface area (Å²) >= 11 is 0. The topological polar surface area (TPSA) is 90.5 Å². The summed E-state index contributed by atoms with van der Waals surface area (Å²) in [5, 5.41) is 6.27. The highest BCUT2D eigenvalue weighted by Crippen LogP contribution is 2.23. The Balaban J connectivity index is 1.29. The molecule has 1 aromatic heterocycles. The lowest BCUT2D eigenvalue weighted by Crippen LogP contribution is -2.44. The van der Waals surface area contributed by atoms with E-state index in [2.05, 4.69) is 31.6 Å². The minimum absolute atomic E-state index is 0.127. The molecule has 8 nitrogen and oxygen atoms in total.